The number of anilines is 1. The van der Waals surface area contributed by atoms with E-state index in [1.165, 1.54) is 12.3 Å². The predicted molar refractivity (Wildman–Crippen MR) is 114 cm³/mol. The lowest BCUT2D eigenvalue weighted by Crippen LogP contribution is -2.36. The van der Waals surface area contributed by atoms with E-state index in [4.69, 9.17) is 0 Å². The Morgan fingerprint density at radius 3 is 2.87 bits per heavy atom. The number of amides is 1. The number of carbonyl (C=O) groups is 1. The maximum Gasteiger partial charge on any atom is 0.255 e. The highest BCUT2D eigenvalue weighted by Gasteiger charge is 2.29. The molecule has 6 nitrogen and oxygen atoms in total. The molecule has 3 aromatic rings. The standard InChI is InChI=1S/C23H26F2N4O2/c1-23(2,14-30)13-26-22(31)18-12-27-29-9-7-16(11-21(18)29)28-8-3-4-20(28)17-10-15(24)5-6-19(17)25/h5-7,9-12,20,30H,3-4,8,13-14H2,1-2H3,(H,26,31)/t20-/m1/s1. The molecule has 3 heterocycles. The molecule has 2 aromatic heterocycles. The number of hydrogen-bond acceptors (Lipinski definition) is 4. The van der Waals surface area contributed by atoms with E-state index in [1.54, 1.807) is 10.7 Å². The van der Waals surface area contributed by atoms with Gasteiger partial charge in [0.25, 0.3) is 5.91 Å². The molecule has 1 atom stereocenters. The molecular weight excluding hydrogens is 402 g/mol. The van der Waals surface area contributed by atoms with E-state index in [2.05, 4.69) is 10.4 Å². The Kier molecular flexibility index (Phi) is 5.66. The molecule has 1 aromatic carbocycles. The van der Waals surface area contributed by atoms with Crippen LogP contribution >= 0.6 is 0 Å². The van der Waals surface area contributed by atoms with Gasteiger partial charge >= 0.3 is 0 Å². The molecule has 0 bridgehead atoms. The molecule has 1 aliphatic rings. The summed E-state index contributed by atoms with van der Waals surface area (Å²) in [5.41, 5.74) is 1.78. The third kappa shape index (κ3) is 4.25. The Morgan fingerprint density at radius 2 is 2.10 bits per heavy atom. The molecule has 0 radical (unpaired) electrons. The number of hydrogen-bond donors (Lipinski definition) is 2. The summed E-state index contributed by atoms with van der Waals surface area (Å²) in [6.07, 6.45) is 4.84. The van der Waals surface area contributed by atoms with Gasteiger partial charge in [0, 0.05) is 42.6 Å². The van der Waals surface area contributed by atoms with Crippen LogP contribution in [0.1, 0.15) is 48.7 Å². The minimum atomic E-state index is -0.459. The van der Waals surface area contributed by atoms with Crippen LogP contribution in [0.5, 0.6) is 0 Å². The molecule has 1 saturated heterocycles. The molecule has 0 unspecified atom stereocenters. The zero-order valence-electron chi connectivity index (χ0n) is 17.6. The van der Waals surface area contributed by atoms with Crippen LogP contribution in [0.2, 0.25) is 0 Å². The van der Waals surface area contributed by atoms with Gasteiger partial charge in [-0.15, -0.1) is 0 Å². The third-order valence-corrected chi connectivity index (χ3v) is 5.81. The Labute approximate surface area is 179 Å². The minimum absolute atomic E-state index is 0.0425. The number of halogens is 2. The number of nitrogens with one attached hydrogen (secondary N) is 1. The second-order valence-electron chi connectivity index (χ2n) is 8.80. The van der Waals surface area contributed by atoms with E-state index in [0.717, 1.165) is 24.2 Å². The quantitative estimate of drug-likeness (QED) is 0.628. The number of rotatable bonds is 6. The topological polar surface area (TPSA) is 69.9 Å². The summed E-state index contributed by atoms with van der Waals surface area (Å²) in [6.45, 7) is 4.71. The van der Waals surface area contributed by atoms with Crippen LogP contribution in [0.25, 0.3) is 5.52 Å². The molecule has 1 amide bonds. The van der Waals surface area contributed by atoms with Gasteiger partial charge in [-0.2, -0.15) is 5.10 Å². The summed E-state index contributed by atoms with van der Waals surface area (Å²) in [5.74, 6) is -1.16. The van der Waals surface area contributed by atoms with Crippen LogP contribution in [0.15, 0.2) is 42.7 Å². The largest absolute Gasteiger partial charge is 0.396 e. The van der Waals surface area contributed by atoms with E-state index < -0.39 is 17.0 Å². The van der Waals surface area contributed by atoms with Gasteiger partial charge in [-0.3, -0.25) is 4.79 Å². The van der Waals surface area contributed by atoms with Crippen molar-refractivity contribution >= 4 is 17.1 Å². The summed E-state index contributed by atoms with van der Waals surface area (Å²) in [4.78, 5) is 14.8. The van der Waals surface area contributed by atoms with Crippen LogP contribution < -0.4 is 10.2 Å². The summed E-state index contributed by atoms with van der Waals surface area (Å²) < 4.78 is 29.8. The van der Waals surface area contributed by atoms with Gasteiger partial charge in [-0.1, -0.05) is 13.8 Å². The summed E-state index contributed by atoms with van der Waals surface area (Å²) in [5, 5.41) is 16.5. The van der Waals surface area contributed by atoms with Gasteiger partial charge in [0.1, 0.15) is 11.6 Å². The highest BCUT2D eigenvalue weighted by Crippen LogP contribution is 2.38. The van der Waals surface area contributed by atoms with Crippen molar-refractivity contribution in [1.82, 2.24) is 14.9 Å². The van der Waals surface area contributed by atoms with E-state index >= 15 is 0 Å². The zero-order valence-corrected chi connectivity index (χ0v) is 17.6. The van der Waals surface area contributed by atoms with Crippen LogP contribution in [-0.4, -0.2) is 40.3 Å². The van der Waals surface area contributed by atoms with Gasteiger partial charge in [-0.25, -0.2) is 13.3 Å². The van der Waals surface area contributed by atoms with Crippen molar-refractivity contribution < 1.29 is 18.7 Å². The van der Waals surface area contributed by atoms with Crippen LogP contribution in [0.3, 0.4) is 0 Å². The average molecular weight is 428 g/mol. The van der Waals surface area contributed by atoms with Crippen molar-refractivity contribution in [3.05, 3.63) is 65.5 Å². The SMILES string of the molecule is CC(C)(CO)CNC(=O)c1cnn2ccc(N3CCC[C@@H]3c3cc(F)ccc3F)cc12. The first-order valence-corrected chi connectivity index (χ1v) is 10.4. The summed E-state index contributed by atoms with van der Waals surface area (Å²) >= 11 is 0. The second-order valence-corrected chi connectivity index (χ2v) is 8.80. The fourth-order valence-electron chi connectivity index (χ4n) is 3.96. The Balaban J connectivity index is 1.64. The zero-order chi connectivity index (χ0) is 22.2. The van der Waals surface area contributed by atoms with E-state index in [9.17, 15) is 18.7 Å². The van der Waals surface area contributed by atoms with Gasteiger partial charge in [0.2, 0.25) is 0 Å². The molecule has 1 aliphatic heterocycles. The molecule has 2 N–H and O–H groups in total. The van der Waals surface area contributed by atoms with Crippen molar-refractivity contribution in [2.24, 2.45) is 5.41 Å². The lowest BCUT2D eigenvalue weighted by atomic mass is 9.95. The number of aliphatic hydroxyl groups excluding tert-OH is 1. The molecule has 0 saturated carbocycles. The average Bonchev–Trinajstić information content (AvgIpc) is 3.40. The number of fused-ring (bicyclic) bond motifs is 1. The lowest BCUT2D eigenvalue weighted by molar-refractivity contribution is 0.0912. The van der Waals surface area contributed by atoms with E-state index in [1.807, 2.05) is 30.9 Å². The molecule has 31 heavy (non-hydrogen) atoms. The lowest BCUT2D eigenvalue weighted by Gasteiger charge is -2.27. The van der Waals surface area contributed by atoms with Crippen molar-refractivity contribution in [3.63, 3.8) is 0 Å². The van der Waals surface area contributed by atoms with Crippen LogP contribution in [0.4, 0.5) is 14.5 Å². The molecular formula is C23H26F2N4O2. The Hall–Kier alpha value is -3.00. The van der Waals surface area contributed by atoms with Crippen molar-refractivity contribution in [2.45, 2.75) is 32.7 Å². The summed E-state index contributed by atoms with van der Waals surface area (Å²) in [7, 11) is 0. The van der Waals surface area contributed by atoms with Gasteiger partial charge in [-0.05, 0) is 43.2 Å². The monoisotopic (exact) mass is 428 g/mol. The van der Waals surface area contributed by atoms with E-state index in [-0.39, 0.29) is 18.6 Å². The fourth-order valence-corrected chi connectivity index (χ4v) is 3.96. The molecule has 164 valence electrons. The van der Waals surface area contributed by atoms with Gasteiger partial charge in [0.15, 0.2) is 0 Å². The maximum atomic E-state index is 14.4. The first-order valence-electron chi connectivity index (χ1n) is 10.4. The second kappa shape index (κ2) is 8.26. The number of carbonyl (C=O) groups excluding carboxylic acids is 1. The molecule has 1 fully saturated rings. The number of pyridine rings is 1. The highest BCUT2D eigenvalue weighted by atomic mass is 19.1. The van der Waals surface area contributed by atoms with Crippen molar-refractivity contribution in [2.75, 3.05) is 24.6 Å². The smallest absolute Gasteiger partial charge is 0.255 e. The molecule has 0 aliphatic carbocycles. The van der Waals surface area contributed by atoms with Crippen molar-refractivity contribution in [3.8, 4) is 0 Å². The highest BCUT2D eigenvalue weighted by molar-refractivity contribution is 6.01. The first kappa shape index (κ1) is 21.2. The molecule has 8 heteroatoms. The number of aliphatic hydroxyl groups is 1. The Bertz CT molecular complexity index is 1110. The van der Waals surface area contributed by atoms with Crippen LogP contribution in [-0.2, 0) is 0 Å². The molecule has 0 spiro atoms. The summed E-state index contributed by atoms with van der Waals surface area (Å²) in [6, 6.07) is 7.00. The predicted octanol–water partition coefficient (Wildman–Crippen LogP) is 3.70. The maximum absolute atomic E-state index is 14.4. The van der Waals surface area contributed by atoms with E-state index in [0.29, 0.717) is 36.2 Å². The normalized spacial score (nSPS) is 16.8. The number of aromatic nitrogens is 2. The minimum Gasteiger partial charge on any atom is -0.396 e. The third-order valence-electron chi connectivity index (χ3n) is 5.81. The molecule has 4 rings (SSSR count). The first-order chi connectivity index (χ1) is 14.8. The number of nitrogens with zero attached hydrogens (tertiary/aromatic N) is 3. The fraction of sp³-hybridized carbons (Fsp3) is 0.391. The number of benzene rings is 1. The Morgan fingerprint density at radius 1 is 1.29 bits per heavy atom. The van der Waals surface area contributed by atoms with Gasteiger partial charge in [0.05, 0.1) is 23.3 Å². The van der Waals surface area contributed by atoms with Crippen molar-refractivity contribution in [1.29, 1.82) is 0 Å². The van der Waals surface area contributed by atoms with Crippen LogP contribution in [0, 0.1) is 17.0 Å². The van der Waals surface area contributed by atoms with Gasteiger partial charge < -0.3 is 15.3 Å².